The maximum Gasteiger partial charge on any atom is 0.160 e. The fourth-order valence-corrected chi connectivity index (χ4v) is 8.41. The standard InChI is InChI=1S/C55H35N3/c1-3-15-36(16-4-1)40-21-13-23-42(31-40)51-35-52(58-55(57-51)38-18-5-2-6-19-38)43-24-14-22-41(33-43)48-34-49-53(46-26-10-9-25-45(46)48)47-27-11-12-28-50(47)56-54(49)44-30-29-37-17-7-8-20-39(37)32-44/h1-35H. The molecule has 0 saturated carbocycles. The normalized spacial score (nSPS) is 11.4. The number of fused-ring (bicyclic) bond motifs is 6. The molecule has 2 aromatic heterocycles. The van der Waals surface area contributed by atoms with Gasteiger partial charge in [-0.1, -0.05) is 176 Å². The molecule has 0 aliphatic carbocycles. The van der Waals surface area contributed by atoms with Crippen LogP contribution in [0.1, 0.15) is 0 Å². The van der Waals surface area contributed by atoms with Gasteiger partial charge in [0.05, 0.1) is 22.6 Å². The highest BCUT2D eigenvalue weighted by Gasteiger charge is 2.18. The molecule has 0 fully saturated rings. The van der Waals surface area contributed by atoms with E-state index in [4.69, 9.17) is 15.0 Å². The zero-order valence-electron chi connectivity index (χ0n) is 31.5. The van der Waals surface area contributed by atoms with Gasteiger partial charge in [0.2, 0.25) is 0 Å². The van der Waals surface area contributed by atoms with Crippen molar-refractivity contribution in [2.24, 2.45) is 0 Å². The molecule has 0 atom stereocenters. The molecule has 0 saturated heterocycles. The Morgan fingerprint density at radius 1 is 0.276 bits per heavy atom. The predicted molar refractivity (Wildman–Crippen MR) is 242 cm³/mol. The number of hydrogen-bond acceptors (Lipinski definition) is 3. The molecule has 3 heteroatoms. The molecule has 0 spiro atoms. The topological polar surface area (TPSA) is 38.7 Å². The second-order valence-electron chi connectivity index (χ2n) is 14.8. The van der Waals surface area contributed by atoms with Gasteiger partial charge in [0.15, 0.2) is 5.82 Å². The second-order valence-corrected chi connectivity index (χ2v) is 14.8. The summed E-state index contributed by atoms with van der Waals surface area (Å²) in [4.78, 5) is 15.7. The van der Waals surface area contributed by atoms with Crippen molar-refractivity contribution in [1.82, 2.24) is 15.0 Å². The summed E-state index contributed by atoms with van der Waals surface area (Å²) >= 11 is 0. The molecule has 0 aliphatic rings. The summed E-state index contributed by atoms with van der Waals surface area (Å²) in [6.07, 6.45) is 0. The first-order valence-corrected chi connectivity index (χ1v) is 19.7. The van der Waals surface area contributed by atoms with Crippen molar-refractivity contribution in [2.45, 2.75) is 0 Å². The quantitative estimate of drug-likeness (QED) is 0.160. The van der Waals surface area contributed by atoms with E-state index in [0.717, 1.165) is 72.3 Å². The zero-order chi connectivity index (χ0) is 38.4. The van der Waals surface area contributed by atoms with E-state index < -0.39 is 0 Å². The molecule has 0 N–H and O–H groups in total. The molecule has 9 aromatic carbocycles. The maximum atomic E-state index is 5.37. The lowest BCUT2D eigenvalue weighted by atomic mass is 9.89. The highest BCUT2D eigenvalue weighted by atomic mass is 14.9. The van der Waals surface area contributed by atoms with Gasteiger partial charge in [0.25, 0.3) is 0 Å². The van der Waals surface area contributed by atoms with Crippen molar-refractivity contribution in [2.75, 3.05) is 0 Å². The Morgan fingerprint density at radius 3 is 1.60 bits per heavy atom. The van der Waals surface area contributed by atoms with E-state index in [-0.39, 0.29) is 0 Å². The highest BCUT2D eigenvalue weighted by Crippen LogP contribution is 2.43. The van der Waals surface area contributed by atoms with E-state index in [9.17, 15) is 0 Å². The lowest BCUT2D eigenvalue weighted by Gasteiger charge is -2.17. The number of aromatic nitrogens is 3. The average Bonchev–Trinajstić information content (AvgIpc) is 3.31. The van der Waals surface area contributed by atoms with E-state index in [1.165, 1.54) is 32.5 Å². The van der Waals surface area contributed by atoms with Gasteiger partial charge in [-0.25, -0.2) is 15.0 Å². The van der Waals surface area contributed by atoms with Gasteiger partial charge in [-0.15, -0.1) is 0 Å². The van der Waals surface area contributed by atoms with Crippen LogP contribution in [-0.4, -0.2) is 15.0 Å². The first kappa shape index (κ1) is 33.6. The van der Waals surface area contributed by atoms with E-state index in [2.05, 4.69) is 188 Å². The Labute approximate surface area is 336 Å². The van der Waals surface area contributed by atoms with Gasteiger partial charge >= 0.3 is 0 Å². The fraction of sp³-hybridized carbons (Fsp3) is 0. The lowest BCUT2D eigenvalue weighted by molar-refractivity contribution is 1.18. The van der Waals surface area contributed by atoms with Gasteiger partial charge in [0, 0.05) is 38.4 Å². The number of pyridine rings is 1. The van der Waals surface area contributed by atoms with E-state index in [1.54, 1.807) is 0 Å². The van der Waals surface area contributed by atoms with Crippen LogP contribution in [0.2, 0.25) is 0 Å². The van der Waals surface area contributed by atoms with Crippen molar-refractivity contribution in [3.05, 3.63) is 212 Å². The number of para-hydroxylation sites is 1. The summed E-state index contributed by atoms with van der Waals surface area (Å²) in [6, 6.07) is 75.2. The monoisotopic (exact) mass is 737 g/mol. The summed E-state index contributed by atoms with van der Waals surface area (Å²) in [6.45, 7) is 0. The van der Waals surface area contributed by atoms with Gasteiger partial charge < -0.3 is 0 Å². The summed E-state index contributed by atoms with van der Waals surface area (Å²) in [5.74, 6) is 0.692. The molecule has 0 bridgehead atoms. The molecule has 58 heavy (non-hydrogen) atoms. The van der Waals surface area contributed by atoms with Gasteiger partial charge in [-0.2, -0.15) is 0 Å². The molecule has 0 aliphatic heterocycles. The number of benzene rings is 9. The molecule has 270 valence electrons. The van der Waals surface area contributed by atoms with Crippen LogP contribution in [0.25, 0.3) is 111 Å². The largest absolute Gasteiger partial charge is 0.247 e. The van der Waals surface area contributed by atoms with Crippen molar-refractivity contribution in [3.8, 4) is 67.4 Å². The molecule has 0 unspecified atom stereocenters. The minimum Gasteiger partial charge on any atom is -0.247 e. The van der Waals surface area contributed by atoms with Crippen molar-refractivity contribution in [3.63, 3.8) is 0 Å². The summed E-state index contributed by atoms with van der Waals surface area (Å²) < 4.78 is 0. The van der Waals surface area contributed by atoms with Crippen molar-refractivity contribution in [1.29, 1.82) is 0 Å². The van der Waals surface area contributed by atoms with Gasteiger partial charge in [-0.3, -0.25) is 0 Å². The minimum atomic E-state index is 0.692. The molecular weight excluding hydrogens is 703 g/mol. The maximum absolute atomic E-state index is 5.37. The van der Waals surface area contributed by atoms with E-state index >= 15 is 0 Å². The molecule has 11 rings (SSSR count). The highest BCUT2D eigenvalue weighted by molar-refractivity contribution is 6.25. The third-order valence-electron chi connectivity index (χ3n) is 11.2. The minimum absolute atomic E-state index is 0.692. The lowest BCUT2D eigenvalue weighted by Crippen LogP contribution is -1.96. The van der Waals surface area contributed by atoms with E-state index in [0.29, 0.717) is 5.82 Å². The second kappa shape index (κ2) is 14.1. The van der Waals surface area contributed by atoms with Crippen LogP contribution in [0.15, 0.2) is 212 Å². The van der Waals surface area contributed by atoms with Crippen LogP contribution < -0.4 is 0 Å². The molecule has 0 radical (unpaired) electrons. The Morgan fingerprint density at radius 2 is 0.845 bits per heavy atom. The number of nitrogens with zero attached hydrogens (tertiary/aromatic N) is 3. The summed E-state index contributed by atoms with van der Waals surface area (Å²) in [7, 11) is 0. The molecule has 11 aromatic rings. The smallest absolute Gasteiger partial charge is 0.160 e. The van der Waals surface area contributed by atoms with Crippen LogP contribution >= 0.6 is 0 Å². The zero-order valence-corrected chi connectivity index (χ0v) is 31.5. The Bertz CT molecular complexity index is 3340. The van der Waals surface area contributed by atoms with Crippen molar-refractivity contribution < 1.29 is 0 Å². The third kappa shape index (κ3) is 5.98. The Balaban J connectivity index is 1.12. The van der Waals surface area contributed by atoms with Crippen LogP contribution in [0.4, 0.5) is 0 Å². The molecule has 3 nitrogen and oxygen atoms in total. The fourth-order valence-electron chi connectivity index (χ4n) is 8.41. The molecular formula is C55H35N3. The number of hydrogen-bond donors (Lipinski definition) is 0. The van der Waals surface area contributed by atoms with Crippen molar-refractivity contribution >= 4 is 43.2 Å². The summed E-state index contributed by atoms with van der Waals surface area (Å²) in [5, 5.41) is 8.30. The Kier molecular flexibility index (Phi) is 8.15. The molecule has 0 amide bonds. The van der Waals surface area contributed by atoms with Crippen LogP contribution in [-0.2, 0) is 0 Å². The third-order valence-corrected chi connectivity index (χ3v) is 11.2. The van der Waals surface area contributed by atoms with E-state index in [1.807, 2.05) is 24.3 Å². The Hall–Kier alpha value is -7.75. The van der Waals surface area contributed by atoms with Gasteiger partial charge in [-0.05, 0) is 80.2 Å². The van der Waals surface area contributed by atoms with Crippen LogP contribution in [0.3, 0.4) is 0 Å². The van der Waals surface area contributed by atoms with Crippen LogP contribution in [0.5, 0.6) is 0 Å². The number of rotatable bonds is 6. The van der Waals surface area contributed by atoms with Crippen LogP contribution in [0, 0.1) is 0 Å². The average molecular weight is 738 g/mol. The first-order valence-electron chi connectivity index (χ1n) is 19.7. The summed E-state index contributed by atoms with van der Waals surface area (Å²) in [5.41, 5.74) is 12.4. The predicted octanol–water partition coefficient (Wildman–Crippen LogP) is 14.5. The SMILES string of the molecule is c1ccc(-c2cccc(-c3cc(-c4cccc(-c5cc6c(-c7ccc8ccccc8c7)nc7ccccc7c6c6ccccc56)c4)nc(-c4ccccc4)n3)c2)cc1. The van der Waals surface area contributed by atoms with Gasteiger partial charge in [0.1, 0.15) is 0 Å². The first-order chi connectivity index (χ1) is 28.7. The molecule has 2 heterocycles.